The predicted octanol–water partition coefficient (Wildman–Crippen LogP) is 1.93. The number of hydrogen-bond acceptors (Lipinski definition) is 5. The van der Waals surface area contributed by atoms with Gasteiger partial charge in [0.25, 0.3) is 0 Å². The van der Waals surface area contributed by atoms with Crippen LogP contribution in [-0.4, -0.2) is 27.0 Å². The van der Waals surface area contributed by atoms with Gasteiger partial charge in [0.2, 0.25) is 0 Å². The third-order valence-corrected chi connectivity index (χ3v) is 2.33. The van der Waals surface area contributed by atoms with E-state index in [9.17, 15) is 0 Å². The molecular formula is C12H15N5. The molecule has 2 aromatic rings. The van der Waals surface area contributed by atoms with Crippen LogP contribution in [-0.2, 0) is 6.42 Å². The standard InChI is InChI=1S/C12H15N5/c1-3-4-9-7-11(13-2)17-12(16-9)10-8-14-5-6-15-10/h5-8H,3-4H2,1-2H3,(H,13,16,17). The molecule has 0 unspecified atom stereocenters. The molecule has 0 radical (unpaired) electrons. The maximum Gasteiger partial charge on any atom is 0.182 e. The van der Waals surface area contributed by atoms with Crippen molar-refractivity contribution in [1.29, 1.82) is 0 Å². The summed E-state index contributed by atoms with van der Waals surface area (Å²) in [6.07, 6.45) is 6.94. The second-order valence-electron chi connectivity index (χ2n) is 3.66. The average molecular weight is 229 g/mol. The molecule has 5 heteroatoms. The van der Waals surface area contributed by atoms with Crippen LogP contribution < -0.4 is 5.32 Å². The highest BCUT2D eigenvalue weighted by Crippen LogP contribution is 2.15. The summed E-state index contributed by atoms with van der Waals surface area (Å²) in [4.78, 5) is 17.1. The van der Waals surface area contributed by atoms with E-state index < -0.39 is 0 Å². The summed E-state index contributed by atoms with van der Waals surface area (Å²) >= 11 is 0. The minimum Gasteiger partial charge on any atom is -0.373 e. The smallest absolute Gasteiger partial charge is 0.182 e. The third-order valence-electron chi connectivity index (χ3n) is 2.33. The fourth-order valence-electron chi connectivity index (χ4n) is 1.54. The summed E-state index contributed by atoms with van der Waals surface area (Å²) in [6.45, 7) is 2.13. The summed E-state index contributed by atoms with van der Waals surface area (Å²) in [5.41, 5.74) is 1.72. The average Bonchev–Trinajstić information content (AvgIpc) is 2.40. The van der Waals surface area contributed by atoms with Crippen LogP contribution in [0.15, 0.2) is 24.7 Å². The van der Waals surface area contributed by atoms with Gasteiger partial charge in [0, 0.05) is 31.2 Å². The van der Waals surface area contributed by atoms with Crippen LogP contribution in [0, 0.1) is 0 Å². The van der Waals surface area contributed by atoms with Gasteiger partial charge in [0.05, 0.1) is 6.20 Å². The largest absolute Gasteiger partial charge is 0.373 e. The minimum atomic E-state index is 0.619. The van der Waals surface area contributed by atoms with Crippen molar-refractivity contribution in [3.05, 3.63) is 30.4 Å². The molecule has 0 bridgehead atoms. The topological polar surface area (TPSA) is 63.6 Å². The number of anilines is 1. The molecule has 0 aliphatic carbocycles. The molecule has 5 nitrogen and oxygen atoms in total. The lowest BCUT2D eigenvalue weighted by atomic mass is 10.2. The molecule has 0 amide bonds. The van der Waals surface area contributed by atoms with E-state index in [1.807, 2.05) is 13.1 Å². The van der Waals surface area contributed by atoms with Crippen molar-refractivity contribution in [2.45, 2.75) is 19.8 Å². The molecular weight excluding hydrogens is 214 g/mol. The lowest BCUT2D eigenvalue weighted by Gasteiger charge is -2.06. The highest BCUT2D eigenvalue weighted by Gasteiger charge is 2.06. The van der Waals surface area contributed by atoms with Gasteiger partial charge in [-0.15, -0.1) is 0 Å². The van der Waals surface area contributed by atoms with Crippen molar-refractivity contribution in [3.8, 4) is 11.5 Å². The zero-order valence-corrected chi connectivity index (χ0v) is 10.0. The van der Waals surface area contributed by atoms with E-state index in [1.54, 1.807) is 18.6 Å². The second kappa shape index (κ2) is 5.34. The highest BCUT2D eigenvalue weighted by atomic mass is 15.0. The highest BCUT2D eigenvalue weighted by molar-refractivity contribution is 5.51. The summed E-state index contributed by atoms with van der Waals surface area (Å²) in [6, 6.07) is 1.96. The van der Waals surface area contributed by atoms with Crippen molar-refractivity contribution >= 4 is 5.82 Å². The summed E-state index contributed by atoms with van der Waals surface area (Å²) in [5.74, 6) is 1.43. The van der Waals surface area contributed by atoms with E-state index in [1.165, 1.54) is 0 Å². The summed E-state index contributed by atoms with van der Waals surface area (Å²) in [7, 11) is 1.85. The Morgan fingerprint density at radius 2 is 2.12 bits per heavy atom. The Hall–Kier alpha value is -2.04. The number of nitrogens with zero attached hydrogens (tertiary/aromatic N) is 4. The summed E-state index contributed by atoms with van der Waals surface area (Å²) < 4.78 is 0. The molecule has 17 heavy (non-hydrogen) atoms. The number of aryl methyl sites for hydroxylation is 1. The molecule has 1 N–H and O–H groups in total. The van der Waals surface area contributed by atoms with Gasteiger partial charge < -0.3 is 5.32 Å². The Morgan fingerprint density at radius 3 is 2.76 bits per heavy atom. The quantitative estimate of drug-likeness (QED) is 0.867. The van der Waals surface area contributed by atoms with Crippen molar-refractivity contribution in [1.82, 2.24) is 19.9 Å². The van der Waals surface area contributed by atoms with Crippen LogP contribution >= 0.6 is 0 Å². The molecule has 2 aromatic heterocycles. The van der Waals surface area contributed by atoms with Crippen LogP contribution in [0.4, 0.5) is 5.82 Å². The van der Waals surface area contributed by atoms with Gasteiger partial charge in [-0.2, -0.15) is 0 Å². The monoisotopic (exact) mass is 229 g/mol. The molecule has 0 spiro atoms. The van der Waals surface area contributed by atoms with E-state index in [-0.39, 0.29) is 0 Å². The Balaban J connectivity index is 2.43. The van der Waals surface area contributed by atoms with Crippen molar-refractivity contribution in [3.63, 3.8) is 0 Å². The van der Waals surface area contributed by atoms with Gasteiger partial charge in [-0.25, -0.2) is 15.0 Å². The molecule has 0 aliphatic heterocycles. The Labute approximate surface area is 100 Å². The Kier molecular flexibility index (Phi) is 3.59. The van der Waals surface area contributed by atoms with Crippen LogP contribution in [0.2, 0.25) is 0 Å². The van der Waals surface area contributed by atoms with Crippen molar-refractivity contribution in [2.75, 3.05) is 12.4 Å². The van der Waals surface area contributed by atoms with Gasteiger partial charge in [0.15, 0.2) is 5.82 Å². The van der Waals surface area contributed by atoms with Crippen molar-refractivity contribution < 1.29 is 0 Å². The third kappa shape index (κ3) is 2.75. The van der Waals surface area contributed by atoms with Crippen LogP contribution in [0.5, 0.6) is 0 Å². The van der Waals surface area contributed by atoms with Gasteiger partial charge in [0.1, 0.15) is 11.5 Å². The first-order chi connectivity index (χ1) is 8.33. The predicted molar refractivity (Wildman–Crippen MR) is 66.6 cm³/mol. The zero-order chi connectivity index (χ0) is 12.1. The molecule has 88 valence electrons. The summed E-state index contributed by atoms with van der Waals surface area (Å²) in [5, 5.41) is 3.04. The molecule has 0 saturated carbocycles. The first-order valence-corrected chi connectivity index (χ1v) is 5.65. The van der Waals surface area contributed by atoms with Crippen molar-refractivity contribution in [2.24, 2.45) is 0 Å². The van der Waals surface area contributed by atoms with Gasteiger partial charge in [-0.1, -0.05) is 13.3 Å². The molecule has 0 aromatic carbocycles. The van der Waals surface area contributed by atoms with Crippen LogP contribution in [0.1, 0.15) is 19.0 Å². The van der Waals surface area contributed by atoms with E-state index in [2.05, 4.69) is 32.2 Å². The fourth-order valence-corrected chi connectivity index (χ4v) is 1.54. The second-order valence-corrected chi connectivity index (χ2v) is 3.66. The van der Waals surface area contributed by atoms with E-state index in [0.717, 1.165) is 24.4 Å². The molecule has 0 saturated heterocycles. The molecule has 0 fully saturated rings. The lowest BCUT2D eigenvalue weighted by Crippen LogP contribution is -2.01. The zero-order valence-electron chi connectivity index (χ0n) is 10.0. The van der Waals surface area contributed by atoms with Gasteiger partial charge in [-0.3, -0.25) is 4.98 Å². The van der Waals surface area contributed by atoms with E-state index >= 15 is 0 Å². The Morgan fingerprint density at radius 1 is 1.24 bits per heavy atom. The van der Waals surface area contributed by atoms with Gasteiger partial charge >= 0.3 is 0 Å². The van der Waals surface area contributed by atoms with Crippen LogP contribution in [0.25, 0.3) is 11.5 Å². The fraction of sp³-hybridized carbons (Fsp3) is 0.333. The minimum absolute atomic E-state index is 0.619. The maximum atomic E-state index is 4.49. The normalized spacial score (nSPS) is 10.2. The number of aromatic nitrogens is 4. The molecule has 0 aliphatic rings. The molecule has 0 atom stereocenters. The number of rotatable bonds is 4. The Bertz CT molecular complexity index is 484. The van der Waals surface area contributed by atoms with Gasteiger partial charge in [-0.05, 0) is 6.42 Å². The lowest BCUT2D eigenvalue weighted by molar-refractivity contribution is 0.874. The molecule has 2 rings (SSSR count). The van der Waals surface area contributed by atoms with Crippen LogP contribution in [0.3, 0.4) is 0 Å². The van der Waals surface area contributed by atoms with E-state index in [0.29, 0.717) is 11.5 Å². The maximum absolute atomic E-state index is 4.49. The number of nitrogens with one attached hydrogen (secondary N) is 1. The first kappa shape index (κ1) is 11.4. The first-order valence-electron chi connectivity index (χ1n) is 5.65. The number of hydrogen-bond donors (Lipinski definition) is 1. The molecule has 2 heterocycles. The SMILES string of the molecule is CCCc1cc(NC)nc(-c2cnccn2)n1. The van der Waals surface area contributed by atoms with E-state index in [4.69, 9.17) is 0 Å².